The molecule has 0 bridgehead atoms. The van der Waals surface area contributed by atoms with Crippen LogP contribution in [-0.2, 0) is 10.0 Å². The number of nitrogens with zero attached hydrogens (tertiary/aromatic N) is 2. The van der Waals surface area contributed by atoms with E-state index in [1.165, 1.54) is 0 Å². The smallest absolute Gasteiger partial charge is 0.243 e. The maximum Gasteiger partial charge on any atom is 0.243 e. The van der Waals surface area contributed by atoms with Crippen LogP contribution >= 0.6 is 11.6 Å². The summed E-state index contributed by atoms with van der Waals surface area (Å²) in [6.45, 7) is 1.51. The van der Waals surface area contributed by atoms with Crippen LogP contribution in [0.25, 0.3) is 0 Å². The lowest BCUT2D eigenvalue weighted by molar-refractivity contribution is 0.254. The molecule has 1 aromatic heterocycles. The molecule has 1 rings (SSSR count). The van der Waals surface area contributed by atoms with Crippen LogP contribution in [0, 0.1) is 0 Å². The van der Waals surface area contributed by atoms with Crippen LogP contribution in [0.3, 0.4) is 0 Å². The van der Waals surface area contributed by atoms with Crippen molar-refractivity contribution in [2.24, 2.45) is 0 Å². The molecule has 8 heteroatoms. The lowest BCUT2D eigenvalue weighted by atomic mass is 10.3. The van der Waals surface area contributed by atoms with Crippen molar-refractivity contribution in [1.29, 1.82) is 0 Å². The zero-order chi connectivity index (χ0) is 12.2. The number of aliphatic hydroxyl groups excluding tert-OH is 1. The van der Waals surface area contributed by atoms with Gasteiger partial charge in [-0.15, -0.1) is 0 Å². The molecule has 1 aromatic rings. The number of rotatable bonds is 5. The summed E-state index contributed by atoms with van der Waals surface area (Å²) in [4.78, 5) is 7.07. The standard InChI is InChI=1S/C8H12ClN3O3S/c1-2-6(5-13)12-16(14,15)7-3-10-8(9)11-4-7/h3-4,6,12-13H,2,5H2,1H3. The van der Waals surface area contributed by atoms with Gasteiger partial charge in [0.1, 0.15) is 4.90 Å². The normalized spacial score (nSPS) is 13.7. The summed E-state index contributed by atoms with van der Waals surface area (Å²) in [5.41, 5.74) is 0. The van der Waals surface area contributed by atoms with Crippen molar-refractivity contribution in [3.63, 3.8) is 0 Å². The lowest BCUT2D eigenvalue weighted by Gasteiger charge is -2.13. The fourth-order valence-corrected chi connectivity index (χ4v) is 2.27. The second-order valence-corrected chi connectivity index (χ2v) is 5.15. The summed E-state index contributed by atoms with van der Waals surface area (Å²) in [6, 6.07) is -0.513. The van der Waals surface area contributed by atoms with E-state index in [1.807, 2.05) is 0 Å². The number of hydrogen-bond donors (Lipinski definition) is 2. The van der Waals surface area contributed by atoms with Crippen LogP contribution in [0.1, 0.15) is 13.3 Å². The third kappa shape index (κ3) is 3.38. The Morgan fingerprint density at radius 3 is 2.50 bits per heavy atom. The average molecular weight is 266 g/mol. The molecule has 0 aliphatic heterocycles. The van der Waals surface area contributed by atoms with Crippen LogP contribution in [-0.4, -0.2) is 36.1 Å². The molecule has 0 radical (unpaired) electrons. The first-order chi connectivity index (χ1) is 7.49. The molecule has 1 atom stereocenters. The summed E-state index contributed by atoms with van der Waals surface area (Å²) in [6.07, 6.45) is 2.72. The van der Waals surface area contributed by atoms with Gasteiger partial charge in [-0.25, -0.2) is 23.1 Å². The minimum absolute atomic E-state index is 0.0202. The summed E-state index contributed by atoms with van der Waals surface area (Å²) >= 11 is 5.44. The van der Waals surface area contributed by atoms with Crippen LogP contribution in [0.5, 0.6) is 0 Å². The molecule has 0 aliphatic rings. The first kappa shape index (κ1) is 13.3. The molecule has 0 saturated heterocycles. The van der Waals surface area contributed by atoms with Gasteiger partial charge >= 0.3 is 0 Å². The Bertz CT molecular complexity index is 430. The molecular weight excluding hydrogens is 254 g/mol. The van der Waals surface area contributed by atoms with Gasteiger partial charge < -0.3 is 5.11 Å². The van der Waals surface area contributed by atoms with Gasteiger partial charge in [-0.2, -0.15) is 0 Å². The van der Waals surface area contributed by atoms with E-state index in [0.717, 1.165) is 12.4 Å². The van der Waals surface area contributed by atoms with E-state index in [-0.39, 0.29) is 16.8 Å². The molecule has 0 spiro atoms. The van der Waals surface area contributed by atoms with E-state index < -0.39 is 16.1 Å². The molecule has 0 aromatic carbocycles. The van der Waals surface area contributed by atoms with Crippen LogP contribution in [0.15, 0.2) is 17.3 Å². The molecule has 1 heterocycles. The van der Waals surface area contributed by atoms with Crippen molar-refractivity contribution in [2.75, 3.05) is 6.61 Å². The minimum atomic E-state index is -3.69. The van der Waals surface area contributed by atoms with Crippen molar-refractivity contribution in [2.45, 2.75) is 24.3 Å². The number of nitrogens with one attached hydrogen (secondary N) is 1. The number of hydrogen-bond acceptors (Lipinski definition) is 5. The van der Waals surface area contributed by atoms with Crippen molar-refractivity contribution < 1.29 is 13.5 Å². The molecular formula is C8H12ClN3O3S. The second-order valence-electron chi connectivity index (χ2n) is 3.10. The first-order valence-electron chi connectivity index (χ1n) is 4.60. The summed E-state index contributed by atoms with van der Waals surface area (Å²) in [5, 5.41) is 8.88. The second kappa shape index (κ2) is 5.53. The fraction of sp³-hybridized carbons (Fsp3) is 0.500. The van der Waals surface area contributed by atoms with E-state index in [0.29, 0.717) is 6.42 Å². The SMILES string of the molecule is CCC(CO)NS(=O)(=O)c1cnc(Cl)nc1. The highest BCUT2D eigenvalue weighted by molar-refractivity contribution is 7.89. The predicted octanol–water partition coefficient (Wildman–Crippen LogP) is 0.179. The maximum atomic E-state index is 11.7. The van der Waals surface area contributed by atoms with Crippen molar-refractivity contribution in [3.05, 3.63) is 17.7 Å². The van der Waals surface area contributed by atoms with Crippen molar-refractivity contribution in [1.82, 2.24) is 14.7 Å². The third-order valence-electron chi connectivity index (χ3n) is 1.94. The largest absolute Gasteiger partial charge is 0.395 e. The molecule has 6 nitrogen and oxygen atoms in total. The summed E-state index contributed by atoms with van der Waals surface area (Å²) in [7, 11) is -3.69. The van der Waals surface area contributed by atoms with Gasteiger partial charge in [0, 0.05) is 6.04 Å². The quantitative estimate of drug-likeness (QED) is 0.741. The van der Waals surface area contributed by atoms with Gasteiger partial charge in [-0.3, -0.25) is 0 Å². The van der Waals surface area contributed by atoms with E-state index in [1.54, 1.807) is 6.92 Å². The van der Waals surface area contributed by atoms with E-state index in [4.69, 9.17) is 16.7 Å². The van der Waals surface area contributed by atoms with Crippen LogP contribution in [0.2, 0.25) is 5.28 Å². The van der Waals surface area contributed by atoms with E-state index in [9.17, 15) is 8.42 Å². The van der Waals surface area contributed by atoms with Crippen LogP contribution < -0.4 is 4.72 Å². The first-order valence-corrected chi connectivity index (χ1v) is 6.46. The topological polar surface area (TPSA) is 92.2 Å². The Morgan fingerprint density at radius 2 is 2.06 bits per heavy atom. The van der Waals surface area contributed by atoms with Gasteiger partial charge in [0.15, 0.2) is 0 Å². The zero-order valence-corrected chi connectivity index (χ0v) is 10.2. The Kier molecular flexibility index (Phi) is 4.60. The molecule has 0 amide bonds. The number of halogens is 1. The molecule has 0 aliphatic carbocycles. The highest BCUT2D eigenvalue weighted by atomic mass is 35.5. The van der Waals surface area contributed by atoms with E-state index in [2.05, 4.69) is 14.7 Å². The Morgan fingerprint density at radius 1 is 1.50 bits per heavy atom. The van der Waals surface area contributed by atoms with E-state index >= 15 is 0 Å². The highest BCUT2D eigenvalue weighted by Crippen LogP contribution is 2.08. The molecule has 90 valence electrons. The molecule has 0 fully saturated rings. The van der Waals surface area contributed by atoms with Crippen LogP contribution in [0.4, 0.5) is 0 Å². The van der Waals surface area contributed by atoms with Gasteiger partial charge in [0.05, 0.1) is 19.0 Å². The number of aromatic nitrogens is 2. The molecule has 0 saturated carbocycles. The summed E-state index contributed by atoms with van der Waals surface area (Å²) in [5.74, 6) is 0. The predicted molar refractivity (Wildman–Crippen MR) is 58.5 cm³/mol. The number of aliphatic hydroxyl groups is 1. The molecule has 1 unspecified atom stereocenters. The van der Waals surface area contributed by atoms with Gasteiger partial charge in [-0.05, 0) is 18.0 Å². The Hall–Kier alpha value is -0.760. The van der Waals surface area contributed by atoms with Gasteiger partial charge in [-0.1, -0.05) is 6.92 Å². The Labute approximate surface area is 98.7 Å². The lowest BCUT2D eigenvalue weighted by Crippen LogP contribution is -2.36. The maximum absolute atomic E-state index is 11.7. The summed E-state index contributed by atoms with van der Waals surface area (Å²) < 4.78 is 25.8. The average Bonchev–Trinajstić information content (AvgIpc) is 2.26. The molecule has 16 heavy (non-hydrogen) atoms. The highest BCUT2D eigenvalue weighted by Gasteiger charge is 2.19. The monoisotopic (exact) mass is 265 g/mol. The molecule has 2 N–H and O–H groups in total. The minimum Gasteiger partial charge on any atom is -0.395 e. The van der Waals surface area contributed by atoms with Crippen molar-refractivity contribution >= 4 is 21.6 Å². The Balaban J connectivity index is 2.89. The van der Waals surface area contributed by atoms with Gasteiger partial charge in [0.2, 0.25) is 15.3 Å². The zero-order valence-electron chi connectivity index (χ0n) is 8.59. The van der Waals surface area contributed by atoms with Gasteiger partial charge in [0.25, 0.3) is 0 Å². The third-order valence-corrected chi connectivity index (χ3v) is 3.61. The van der Waals surface area contributed by atoms with Crippen molar-refractivity contribution in [3.8, 4) is 0 Å². The fourth-order valence-electron chi connectivity index (χ4n) is 0.976. The number of sulfonamides is 1.